The summed E-state index contributed by atoms with van der Waals surface area (Å²) < 4.78 is 16.5. The van der Waals surface area contributed by atoms with E-state index in [0.29, 0.717) is 15.7 Å². The van der Waals surface area contributed by atoms with E-state index in [1.54, 1.807) is 13.0 Å². The summed E-state index contributed by atoms with van der Waals surface area (Å²) >= 11 is 5.44. The van der Waals surface area contributed by atoms with Gasteiger partial charge in [0, 0.05) is 6.54 Å². The van der Waals surface area contributed by atoms with Crippen molar-refractivity contribution in [1.82, 2.24) is 9.55 Å². The first-order valence-corrected chi connectivity index (χ1v) is 7.78. The Morgan fingerprint density at radius 1 is 1.30 bits per heavy atom. The molecule has 0 radical (unpaired) electrons. The maximum Gasteiger partial charge on any atom is 0.178 e. The van der Waals surface area contributed by atoms with Crippen LogP contribution >= 0.6 is 12.2 Å². The molecule has 0 unspecified atom stereocenters. The fourth-order valence-electron chi connectivity index (χ4n) is 3.38. The highest BCUT2D eigenvalue weighted by Gasteiger charge is 2.28. The summed E-state index contributed by atoms with van der Waals surface area (Å²) in [5.74, 6) is -0.176. The zero-order chi connectivity index (χ0) is 14.3. The van der Waals surface area contributed by atoms with Gasteiger partial charge in [0.25, 0.3) is 0 Å². The Morgan fingerprint density at radius 2 is 2.00 bits per heavy atom. The highest BCUT2D eigenvalue weighted by molar-refractivity contribution is 7.71. The van der Waals surface area contributed by atoms with E-state index in [4.69, 9.17) is 12.2 Å². The molecule has 1 saturated carbocycles. The van der Waals surface area contributed by atoms with Gasteiger partial charge in [-0.05, 0) is 55.1 Å². The van der Waals surface area contributed by atoms with E-state index in [1.807, 2.05) is 6.07 Å². The van der Waals surface area contributed by atoms with Crippen LogP contribution in [0.2, 0.25) is 0 Å². The number of hydrogen-bond donors (Lipinski definition) is 1. The van der Waals surface area contributed by atoms with Gasteiger partial charge in [-0.25, -0.2) is 4.39 Å². The van der Waals surface area contributed by atoms with E-state index in [1.165, 1.54) is 32.1 Å². The van der Waals surface area contributed by atoms with Gasteiger partial charge in [0.15, 0.2) is 4.77 Å². The van der Waals surface area contributed by atoms with Crippen molar-refractivity contribution in [2.45, 2.75) is 52.5 Å². The first-order chi connectivity index (χ1) is 9.48. The topological polar surface area (TPSA) is 20.7 Å². The number of aromatic nitrogens is 2. The van der Waals surface area contributed by atoms with Crippen molar-refractivity contribution >= 4 is 23.3 Å². The van der Waals surface area contributed by atoms with Crippen molar-refractivity contribution in [2.75, 3.05) is 0 Å². The van der Waals surface area contributed by atoms with E-state index >= 15 is 0 Å². The van der Waals surface area contributed by atoms with Crippen molar-refractivity contribution in [3.63, 3.8) is 0 Å². The summed E-state index contributed by atoms with van der Waals surface area (Å²) in [4.78, 5) is 3.14. The molecule has 108 valence electrons. The first-order valence-electron chi connectivity index (χ1n) is 7.37. The van der Waals surface area contributed by atoms with E-state index in [-0.39, 0.29) is 5.82 Å². The summed E-state index contributed by atoms with van der Waals surface area (Å²) in [6, 6.07) is 3.46. The van der Waals surface area contributed by atoms with Gasteiger partial charge in [0.1, 0.15) is 5.82 Å². The average Bonchev–Trinajstić information content (AvgIpc) is 2.67. The minimum absolute atomic E-state index is 0.176. The molecule has 0 aliphatic heterocycles. The number of nitrogens with one attached hydrogen (secondary N) is 1. The molecule has 1 aliphatic carbocycles. The summed E-state index contributed by atoms with van der Waals surface area (Å²) in [6.45, 7) is 5.08. The van der Waals surface area contributed by atoms with Crippen LogP contribution in [0.3, 0.4) is 0 Å². The largest absolute Gasteiger partial charge is 0.330 e. The van der Waals surface area contributed by atoms with Crippen molar-refractivity contribution in [1.29, 1.82) is 0 Å². The number of H-pyrrole nitrogens is 1. The number of imidazole rings is 1. The molecule has 1 heterocycles. The lowest BCUT2D eigenvalue weighted by molar-refractivity contribution is 0.184. The number of rotatable bonds is 2. The zero-order valence-corrected chi connectivity index (χ0v) is 12.9. The van der Waals surface area contributed by atoms with Crippen LogP contribution in [0.15, 0.2) is 12.1 Å². The Kier molecular flexibility index (Phi) is 3.44. The molecule has 0 amide bonds. The normalized spacial score (nSPS) is 18.6. The predicted molar refractivity (Wildman–Crippen MR) is 83.0 cm³/mol. The summed E-state index contributed by atoms with van der Waals surface area (Å²) in [5.41, 5.74) is 2.82. The molecule has 1 fully saturated rings. The van der Waals surface area contributed by atoms with Crippen LogP contribution in [0, 0.1) is 22.9 Å². The van der Waals surface area contributed by atoms with Crippen LogP contribution < -0.4 is 0 Å². The van der Waals surface area contributed by atoms with Gasteiger partial charge in [0.05, 0.1) is 11.0 Å². The molecular weight excluding hydrogens is 271 g/mol. The molecular formula is C16H21FN2S. The molecule has 1 aromatic heterocycles. The second-order valence-corrected chi connectivity index (χ2v) is 6.89. The van der Waals surface area contributed by atoms with E-state index in [0.717, 1.165) is 17.6 Å². The van der Waals surface area contributed by atoms with Crippen LogP contribution in [-0.4, -0.2) is 9.55 Å². The Morgan fingerprint density at radius 3 is 2.70 bits per heavy atom. The molecule has 0 bridgehead atoms. The van der Waals surface area contributed by atoms with Gasteiger partial charge in [0.2, 0.25) is 0 Å². The number of benzene rings is 1. The predicted octanol–water partition coefficient (Wildman–Crippen LogP) is 5.12. The Hall–Kier alpha value is -1.16. The fourth-order valence-corrected chi connectivity index (χ4v) is 3.66. The number of fused-ring (bicyclic) bond motifs is 1. The van der Waals surface area contributed by atoms with E-state index in [9.17, 15) is 4.39 Å². The molecule has 1 N–H and O–H groups in total. The summed E-state index contributed by atoms with van der Waals surface area (Å²) in [6.07, 6.45) is 6.46. The van der Waals surface area contributed by atoms with Crippen molar-refractivity contribution in [3.05, 3.63) is 28.3 Å². The molecule has 20 heavy (non-hydrogen) atoms. The first kappa shape index (κ1) is 13.8. The SMILES string of the molecule is Cc1cc2c(cc1F)[nH]c(=S)n2CC1(C)CCCCC1. The van der Waals surface area contributed by atoms with Crippen molar-refractivity contribution in [3.8, 4) is 0 Å². The van der Waals surface area contributed by atoms with Crippen molar-refractivity contribution in [2.24, 2.45) is 5.41 Å². The van der Waals surface area contributed by atoms with Crippen molar-refractivity contribution < 1.29 is 4.39 Å². The maximum absolute atomic E-state index is 13.7. The van der Waals surface area contributed by atoms with Crippen LogP contribution in [0.1, 0.15) is 44.6 Å². The Bertz CT molecular complexity index is 692. The molecule has 2 nitrogen and oxygen atoms in total. The van der Waals surface area contributed by atoms with Gasteiger partial charge in [-0.3, -0.25) is 0 Å². The quantitative estimate of drug-likeness (QED) is 0.762. The summed E-state index contributed by atoms with van der Waals surface area (Å²) in [7, 11) is 0. The third-order valence-corrected chi connectivity index (χ3v) is 4.98. The monoisotopic (exact) mass is 292 g/mol. The number of aryl methyl sites for hydroxylation is 1. The minimum Gasteiger partial charge on any atom is -0.330 e. The molecule has 3 rings (SSSR count). The second-order valence-electron chi connectivity index (χ2n) is 6.51. The van der Waals surface area contributed by atoms with Gasteiger partial charge in [-0.1, -0.05) is 26.2 Å². The zero-order valence-electron chi connectivity index (χ0n) is 12.1. The van der Waals surface area contributed by atoms with Gasteiger partial charge in [-0.2, -0.15) is 0 Å². The van der Waals surface area contributed by atoms with Gasteiger partial charge in [-0.15, -0.1) is 0 Å². The second kappa shape index (κ2) is 4.99. The number of nitrogens with zero attached hydrogens (tertiary/aromatic N) is 1. The molecule has 0 atom stereocenters. The molecule has 4 heteroatoms. The molecule has 2 aromatic rings. The number of aromatic amines is 1. The number of hydrogen-bond acceptors (Lipinski definition) is 1. The Balaban J connectivity index is 2.04. The van der Waals surface area contributed by atoms with Crippen LogP contribution in [0.5, 0.6) is 0 Å². The average molecular weight is 292 g/mol. The van der Waals surface area contributed by atoms with Gasteiger partial charge >= 0.3 is 0 Å². The van der Waals surface area contributed by atoms with Gasteiger partial charge < -0.3 is 9.55 Å². The number of halogens is 1. The highest BCUT2D eigenvalue weighted by Crippen LogP contribution is 2.38. The molecule has 1 aromatic carbocycles. The lowest BCUT2D eigenvalue weighted by Gasteiger charge is -2.34. The van der Waals surface area contributed by atoms with E-state index in [2.05, 4.69) is 16.5 Å². The molecule has 0 saturated heterocycles. The molecule has 1 aliphatic rings. The van der Waals surface area contributed by atoms with E-state index < -0.39 is 0 Å². The van der Waals surface area contributed by atoms with Crippen LogP contribution in [0.25, 0.3) is 11.0 Å². The smallest absolute Gasteiger partial charge is 0.178 e. The van der Waals surface area contributed by atoms with Crippen LogP contribution in [-0.2, 0) is 6.54 Å². The lowest BCUT2D eigenvalue weighted by Crippen LogP contribution is -2.26. The third-order valence-electron chi connectivity index (χ3n) is 4.65. The fraction of sp³-hybridized carbons (Fsp3) is 0.562. The molecule has 0 spiro atoms. The Labute approximate surface area is 124 Å². The third kappa shape index (κ3) is 2.41. The highest BCUT2D eigenvalue weighted by atomic mass is 32.1. The lowest BCUT2D eigenvalue weighted by atomic mass is 9.75. The minimum atomic E-state index is -0.176. The standard InChI is InChI=1S/C16H21FN2S/c1-11-8-14-13(9-12(11)17)18-15(20)19(14)10-16(2)6-4-3-5-7-16/h8-9H,3-7,10H2,1-2H3,(H,18,20). The maximum atomic E-state index is 13.7. The van der Waals surface area contributed by atoms with Crippen LogP contribution in [0.4, 0.5) is 4.39 Å². The summed E-state index contributed by atoms with van der Waals surface area (Å²) in [5, 5.41) is 0.